The summed E-state index contributed by atoms with van der Waals surface area (Å²) >= 11 is 0. The van der Waals surface area contributed by atoms with E-state index in [4.69, 9.17) is 10.1 Å². The summed E-state index contributed by atoms with van der Waals surface area (Å²) in [5.41, 5.74) is 2.76. The molecule has 0 aromatic carbocycles. The van der Waals surface area contributed by atoms with Crippen LogP contribution in [-0.4, -0.2) is 28.4 Å². The molecule has 1 aromatic rings. The van der Waals surface area contributed by atoms with E-state index in [-0.39, 0.29) is 12.1 Å². The number of amides is 1. The summed E-state index contributed by atoms with van der Waals surface area (Å²) in [5.74, 6) is 0.356. The van der Waals surface area contributed by atoms with Gasteiger partial charge in [0.2, 0.25) is 0 Å². The molecule has 2 aliphatic carbocycles. The largest absolute Gasteiger partial charge is 0.444 e. The highest BCUT2D eigenvalue weighted by Gasteiger charge is 2.54. The maximum Gasteiger partial charge on any atom is 0.407 e. The molecule has 126 valence electrons. The molecule has 2 saturated carbocycles. The number of aromatic amines is 1. The lowest BCUT2D eigenvalue weighted by Crippen LogP contribution is -2.57. The van der Waals surface area contributed by atoms with Gasteiger partial charge >= 0.3 is 6.09 Å². The van der Waals surface area contributed by atoms with Crippen LogP contribution in [0.15, 0.2) is 12.3 Å². The molecule has 23 heavy (non-hydrogen) atoms. The second-order valence-electron chi connectivity index (χ2n) is 8.31. The van der Waals surface area contributed by atoms with E-state index in [0.717, 1.165) is 42.7 Å². The Kier molecular flexibility index (Phi) is 3.77. The first-order chi connectivity index (χ1) is 10.7. The molecule has 3 N–H and O–H groups in total. The minimum Gasteiger partial charge on any atom is -0.444 e. The van der Waals surface area contributed by atoms with Gasteiger partial charge in [-0.2, -0.15) is 0 Å². The molecule has 0 saturated heterocycles. The third kappa shape index (κ3) is 3.28. The maximum absolute atomic E-state index is 11.8. The van der Waals surface area contributed by atoms with Crippen molar-refractivity contribution in [2.24, 2.45) is 11.3 Å². The third-order valence-electron chi connectivity index (χ3n) is 5.07. The number of hydrogen-bond donors (Lipinski definition) is 3. The fraction of sp³-hybridized carbons (Fsp3) is 0.667. The van der Waals surface area contributed by atoms with E-state index in [0.29, 0.717) is 11.3 Å². The molecule has 2 fully saturated rings. The molecule has 0 radical (unpaired) electrons. The molecule has 0 aliphatic heterocycles. The van der Waals surface area contributed by atoms with Crippen LogP contribution in [0, 0.1) is 23.7 Å². The van der Waals surface area contributed by atoms with Gasteiger partial charge in [0.1, 0.15) is 5.60 Å². The molecule has 1 amide bonds. The van der Waals surface area contributed by atoms with Crippen LogP contribution in [0.4, 0.5) is 4.79 Å². The van der Waals surface area contributed by atoms with E-state index < -0.39 is 5.60 Å². The van der Waals surface area contributed by atoms with Gasteiger partial charge in [0.15, 0.2) is 0 Å². The Labute approximate surface area is 137 Å². The van der Waals surface area contributed by atoms with Gasteiger partial charge in [-0.15, -0.1) is 0 Å². The van der Waals surface area contributed by atoms with Crippen molar-refractivity contribution >= 4 is 11.8 Å². The predicted octanol–water partition coefficient (Wildman–Crippen LogP) is 3.77. The smallest absolute Gasteiger partial charge is 0.407 e. The quantitative estimate of drug-likeness (QED) is 0.742. The van der Waals surface area contributed by atoms with E-state index in [9.17, 15) is 4.79 Å². The van der Waals surface area contributed by atoms with Gasteiger partial charge in [-0.25, -0.2) is 4.79 Å². The Morgan fingerprint density at radius 1 is 1.35 bits per heavy atom. The van der Waals surface area contributed by atoms with Crippen LogP contribution in [0.2, 0.25) is 0 Å². The Morgan fingerprint density at radius 3 is 2.52 bits per heavy atom. The number of ether oxygens (including phenoxy) is 1. The van der Waals surface area contributed by atoms with Gasteiger partial charge < -0.3 is 20.4 Å². The van der Waals surface area contributed by atoms with Crippen LogP contribution in [0.5, 0.6) is 0 Å². The van der Waals surface area contributed by atoms with E-state index >= 15 is 0 Å². The molecule has 0 bridgehead atoms. The molecule has 3 rings (SSSR count). The monoisotopic (exact) mass is 317 g/mol. The first kappa shape index (κ1) is 16.1. The molecule has 0 unspecified atom stereocenters. The number of hydrogen-bond acceptors (Lipinski definition) is 3. The zero-order chi connectivity index (χ0) is 16.8. The highest BCUT2D eigenvalue weighted by molar-refractivity contribution is 6.00. The zero-order valence-corrected chi connectivity index (χ0v) is 14.5. The highest BCUT2D eigenvalue weighted by atomic mass is 16.6. The Balaban J connectivity index is 1.44. The SMILES string of the molecule is Cc1cc[nH]c1C(=N)C1CC2(CC(NC(=O)OC(C)(C)C)C2)C1. The van der Waals surface area contributed by atoms with Gasteiger partial charge in [0.05, 0.1) is 11.4 Å². The van der Waals surface area contributed by atoms with E-state index in [1.807, 2.05) is 40.0 Å². The fourth-order valence-electron chi connectivity index (χ4n) is 4.03. The van der Waals surface area contributed by atoms with E-state index in [1.165, 1.54) is 0 Å². The van der Waals surface area contributed by atoms with E-state index in [2.05, 4.69) is 10.3 Å². The van der Waals surface area contributed by atoms with Crippen LogP contribution in [0.3, 0.4) is 0 Å². The summed E-state index contributed by atoms with van der Waals surface area (Å²) in [7, 11) is 0. The van der Waals surface area contributed by atoms with Crippen molar-refractivity contribution in [1.82, 2.24) is 10.3 Å². The maximum atomic E-state index is 11.8. The van der Waals surface area contributed by atoms with Crippen molar-refractivity contribution in [3.05, 3.63) is 23.5 Å². The number of aryl methyl sites for hydroxylation is 1. The van der Waals surface area contributed by atoms with E-state index in [1.54, 1.807) is 0 Å². The number of nitrogens with one attached hydrogen (secondary N) is 3. The number of H-pyrrole nitrogens is 1. The standard InChI is InChI=1S/C18H27N3O2/c1-11-5-6-20-15(11)14(19)12-7-18(8-12)9-13(10-18)21-16(22)23-17(2,3)4/h5-6,12-13,19-20H,7-10H2,1-4H3,(H,21,22). The highest BCUT2D eigenvalue weighted by Crippen LogP contribution is 2.59. The first-order valence-electron chi connectivity index (χ1n) is 8.40. The lowest BCUT2D eigenvalue weighted by molar-refractivity contribution is -0.0295. The number of rotatable bonds is 3. The minimum atomic E-state index is -0.448. The van der Waals surface area contributed by atoms with Gasteiger partial charge in [-0.3, -0.25) is 0 Å². The summed E-state index contributed by atoms with van der Waals surface area (Å²) < 4.78 is 5.30. The summed E-state index contributed by atoms with van der Waals surface area (Å²) in [5, 5.41) is 11.3. The van der Waals surface area contributed by atoms with Gasteiger partial charge in [-0.05, 0) is 70.4 Å². The molecule has 5 nitrogen and oxygen atoms in total. The average Bonchev–Trinajstić information content (AvgIpc) is 2.73. The second kappa shape index (κ2) is 5.39. The predicted molar refractivity (Wildman–Crippen MR) is 89.9 cm³/mol. The van der Waals surface area contributed by atoms with Crippen molar-refractivity contribution in [2.45, 2.75) is 65.0 Å². The van der Waals surface area contributed by atoms with Gasteiger partial charge in [0.25, 0.3) is 0 Å². The number of alkyl carbamates (subject to hydrolysis) is 1. The van der Waals surface area contributed by atoms with Gasteiger partial charge in [0, 0.05) is 18.2 Å². The summed E-state index contributed by atoms with van der Waals surface area (Å²) in [6, 6.07) is 2.25. The van der Waals surface area contributed by atoms with Crippen LogP contribution >= 0.6 is 0 Å². The lowest BCUT2D eigenvalue weighted by Gasteiger charge is -2.57. The lowest BCUT2D eigenvalue weighted by atomic mass is 9.49. The second-order valence-corrected chi connectivity index (χ2v) is 8.31. The Bertz CT molecular complexity index is 612. The van der Waals surface area contributed by atoms with Crippen LogP contribution in [0.1, 0.15) is 57.7 Å². The van der Waals surface area contributed by atoms with Crippen molar-refractivity contribution in [1.29, 1.82) is 5.41 Å². The summed E-state index contributed by atoms with van der Waals surface area (Å²) in [6.07, 6.45) is 5.74. The fourth-order valence-corrected chi connectivity index (χ4v) is 4.03. The van der Waals surface area contributed by atoms with Crippen molar-refractivity contribution < 1.29 is 9.53 Å². The van der Waals surface area contributed by atoms with Gasteiger partial charge in [-0.1, -0.05) is 0 Å². The van der Waals surface area contributed by atoms with Crippen molar-refractivity contribution in [3.63, 3.8) is 0 Å². The topological polar surface area (TPSA) is 78.0 Å². The molecular weight excluding hydrogens is 290 g/mol. The van der Waals surface area contributed by atoms with Crippen molar-refractivity contribution in [3.8, 4) is 0 Å². The normalized spacial score (nSPS) is 29.6. The van der Waals surface area contributed by atoms with Crippen LogP contribution < -0.4 is 5.32 Å². The number of carbonyl (C=O) groups is 1. The third-order valence-corrected chi connectivity index (χ3v) is 5.07. The number of aromatic nitrogens is 1. The van der Waals surface area contributed by atoms with Crippen LogP contribution in [0.25, 0.3) is 0 Å². The van der Waals surface area contributed by atoms with Crippen molar-refractivity contribution in [2.75, 3.05) is 0 Å². The summed E-state index contributed by atoms with van der Waals surface area (Å²) in [4.78, 5) is 14.9. The molecule has 2 aliphatic rings. The average molecular weight is 317 g/mol. The molecule has 1 heterocycles. The molecular formula is C18H27N3O2. The minimum absolute atomic E-state index is 0.229. The summed E-state index contributed by atoms with van der Waals surface area (Å²) in [6.45, 7) is 7.66. The molecule has 1 aromatic heterocycles. The Morgan fingerprint density at radius 2 is 2.00 bits per heavy atom. The number of carbonyl (C=O) groups excluding carboxylic acids is 1. The zero-order valence-electron chi connectivity index (χ0n) is 14.5. The molecule has 0 atom stereocenters. The van der Waals surface area contributed by atoms with Crippen LogP contribution in [-0.2, 0) is 4.74 Å². The molecule has 5 heteroatoms. The molecule has 1 spiro atoms. The Hall–Kier alpha value is -1.78. The first-order valence-corrected chi connectivity index (χ1v) is 8.40.